The van der Waals surface area contributed by atoms with Gasteiger partial charge in [0.2, 0.25) is 5.95 Å². The fourth-order valence-corrected chi connectivity index (χ4v) is 3.13. The Kier molecular flexibility index (Phi) is 4.50. The molecule has 106 valence electrons. The van der Waals surface area contributed by atoms with Gasteiger partial charge in [0.05, 0.1) is 30.1 Å². The number of hydrogen-bond donors (Lipinski definition) is 0. The van der Waals surface area contributed by atoms with Gasteiger partial charge in [-0.15, -0.1) is 11.3 Å². The zero-order chi connectivity index (χ0) is 13.8. The van der Waals surface area contributed by atoms with Gasteiger partial charge in [0.15, 0.2) is 0 Å². The van der Waals surface area contributed by atoms with Crippen molar-refractivity contribution in [3.05, 3.63) is 39.8 Å². The van der Waals surface area contributed by atoms with E-state index in [1.807, 2.05) is 0 Å². The summed E-state index contributed by atoms with van der Waals surface area (Å²) in [6.07, 6.45) is 5.80. The van der Waals surface area contributed by atoms with Crippen LogP contribution in [0.2, 0.25) is 5.02 Å². The van der Waals surface area contributed by atoms with Crippen molar-refractivity contribution in [3.63, 3.8) is 0 Å². The molecule has 0 bridgehead atoms. The van der Waals surface area contributed by atoms with Crippen LogP contribution in [0.3, 0.4) is 0 Å². The van der Waals surface area contributed by atoms with Crippen LogP contribution in [0.5, 0.6) is 0 Å². The van der Waals surface area contributed by atoms with E-state index in [2.05, 4.69) is 32.4 Å². The van der Waals surface area contributed by atoms with Crippen molar-refractivity contribution in [1.29, 1.82) is 0 Å². The Morgan fingerprint density at radius 1 is 1.40 bits per heavy atom. The lowest BCUT2D eigenvalue weighted by atomic mass is 10.2. The molecule has 6 heteroatoms. The topological polar surface area (TPSA) is 38.2 Å². The first-order valence-electron chi connectivity index (χ1n) is 6.68. The molecular weight excluding hydrogens is 294 g/mol. The molecule has 3 heterocycles. The van der Waals surface area contributed by atoms with E-state index in [0.717, 1.165) is 32.5 Å². The van der Waals surface area contributed by atoms with Crippen LogP contribution < -0.4 is 4.90 Å². The van der Waals surface area contributed by atoms with Crippen LogP contribution >= 0.6 is 22.9 Å². The maximum atomic E-state index is 5.86. The molecule has 0 spiro atoms. The minimum absolute atomic E-state index is 0.272. The summed E-state index contributed by atoms with van der Waals surface area (Å²) < 4.78 is 5.73. The van der Waals surface area contributed by atoms with Gasteiger partial charge in [-0.05, 0) is 24.3 Å². The van der Waals surface area contributed by atoms with Crippen molar-refractivity contribution in [2.75, 3.05) is 18.1 Å². The van der Waals surface area contributed by atoms with Gasteiger partial charge >= 0.3 is 0 Å². The number of rotatable bonds is 5. The Morgan fingerprint density at radius 2 is 2.25 bits per heavy atom. The van der Waals surface area contributed by atoms with E-state index in [1.165, 1.54) is 4.88 Å². The van der Waals surface area contributed by atoms with E-state index >= 15 is 0 Å². The predicted molar refractivity (Wildman–Crippen MR) is 81.4 cm³/mol. The number of thiophene rings is 1. The third-order valence-corrected chi connectivity index (χ3v) is 4.32. The van der Waals surface area contributed by atoms with Crippen molar-refractivity contribution >= 4 is 28.9 Å². The number of nitrogens with zero attached hydrogens (tertiary/aromatic N) is 3. The number of halogens is 1. The van der Waals surface area contributed by atoms with Crippen molar-refractivity contribution in [1.82, 2.24) is 9.97 Å². The van der Waals surface area contributed by atoms with Gasteiger partial charge < -0.3 is 9.64 Å². The molecular formula is C14H16ClN3OS. The Labute approximate surface area is 127 Å². The molecule has 0 radical (unpaired) electrons. The van der Waals surface area contributed by atoms with Crippen molar-refractivity contribution in [2.45, 2.75) is 25.5 Å². The lowest BCUT2D eigenvalue weighted by molar-refractivity contribution is 0.115. The molecule has 1 fully saturated rings. The Hall–Kier alpha value is -1.17. The van der Waals surface area contributed by atoms with Crippen LogP contribution in [-0.4, -0.2) is 29.2 Å². The van der Waals surface area contributed by atoms with Crippen LogP contribution in [-0.2, 0) is 11.3 Å². The molecule has 0 aliphatic carbocycles. The van der Waals surface area contributed by atoms with E-state index < -0.39 is 0 Å². The van der Waals surface area contributed by atoms with Gasteiger partial charge in [0.25, 0.3) is 0 Å². The monoisotopic (exact) mass is 309 g/mol. The summed E-state index contributed by atoms with van der Waals surface area (Å²) in [6.45, 7) is 2.48. The van der Waals surface area contributed by atoms with Crippen LogP contribution in [0.25, 0.3) is 0 Å². The number of anilines is 1. The molecule has 2 aromatic heterocycles. The third kappa shape index (κ3) is 3.48. The van der Waals surface area contributed by atoms with Gasteiger partial charge in [-0.25, -0.2) is 9.97 Å². The van der Waals surface area contributed by atoms with Crippen molar-refractivity contribution in [2.24, 2.45) is 0 Å². The van der Waals surface area contributed by atoms with Gasteiger partial charge in [0, 0.05) is 18.0 Å². The Bertz CT molecular complexity index is 526. The van der Waals surface area contributed by atoms with Crippen LogP contribution in [0.1, 0.15) is 17.7 Å². The highest BCUT2D eigenvalue weighted by Crippen LogP contribution is 2.20. The fraction of sp³-hybridized carbons (Fsp3) is 0.429. The summed E-state index contributed by atoms with van der Waals surface area (Å²) >= 11 is 7.61. The molecule has 2 aromatic rings. The maximum Gasteiger partial charge on any atom is 0.225 e. The predicted octanol–water partition coefficient (Wildman–Crippen LogP) is 3.38. The van der Waals surface area contributed by atoms with E-state index in [0.29, 0.717) is 11.0 Å². The summed E-state index contributed by atoms with van der Waals surface area (Å²) in [5.74, 6) is 0.707. The molecule has 3 rings (SSSR count). The zero-order valence-electron chi connectivity index (χ0n) is 11.0. The van der Waals surface area contributed by atoms with Crippen molar-refractivity contribution < 1.29 is 4.74 Å². The second kappa shape index (κ2) is 6.52. The number of hydrogen-bond acceptors (Lipinski definition) is 5. The second-order valence-electron chi connectivity index (χ2n) is 4.80. The lowest BCUT2D eigenvalue weighted by Gasteiger charge is -2.24. The van der Waals surface area contributed by atoms with E-state index in [1.54, 1.807) is 23.7 Å². The minimum Gasteiger partial charge on any atom is -0.376 e. The first-order valence-corrected chi connectivity index (χ1v) is 7.93. The standard InChI is InChI=1S/C14H16ClN3OS/c15-11-7-16-14(17-8-11)18(9-12-3-1-5-19-12)10-13-4-2-6-20-13/h2,4,6-8,12H,1,3,5,9-10H2. The first kappa shape index (κ1) is 13.8. The Morgan fingerprint density at radius 3 is 2.90 bits per heavy atom. The SMILES string of the molecule is Clc1cnc(N(Cc2cccs2)CC2CCCO2)nc1. The molecule has 0 N–H and O–H groups in total. The summed E-state index contributed by atoms with van der Waals surface area (Å²) in [5.41, 5.74) is 0. The highest BCUT2D eigenvalue weighted by Gasteiger charge is 2.21. The Balaban J connectivity index is 1.76. The van der Waals surface area contributed by atoms with Gasteiger partial charge in [0.1, 0.15) is 0 Å². The molecule has 0 aromatic carbocycles. The fourth-order valence-electron chi connectivity index (χ4n) is 2.31. The molecule has 1 saturated heterocycles. The normalized spacial score (nSPS) is 18.4. The molecule has 4 nitrogen and oxygen atoms in total. The smallest absolute Gasteiger partial charge is 0.225 e. The van der Waals surface area contributed by atoms with E-state index in [9.17, 15) is 0 Å². The lowest BCUT2D eigenvalue weighted by Crippen LogP contribution is -2.32. The average molecular weight is 310 g/mol. The quantitative estimate of drug-likeness (QED) is 0.848. The second-order valence-corrected chi connectivity index (χ2v) is 6.26. The molecule has 1 aliphatic heterocycles. The summed E-state index contributed by atoms with van der Waals surface area (Å²) in [6, 6.07) is 4.19. The highest BCUT2D eigenvalue weighted by molar-refractivity contribution is 7.09. The highest BCUT2D eigenvalue weighted by atomic mass is 35.5. The van der Waals surface area contributed by atoms with Gasteiger partial charge in [-0.2, -0.15) is 0 Å². The molecule has 1 unspecified atom stereocenters. The molecule has 0 amide bonds. The molecule has 1 aliphatic rings. The van der Waals surface area contributed by atoms with Crippen molar-refractivity contribution in [3.8, 4) is 0 Å². The maximum absolute atomic E-state index is 5.86. The largest absolute Gasteiger partial charge is 0.376 e. The molecule has 20 heavy (non-hydrogen) atoms. The summed E-state index contributed by atoms with van der Waals surface area (Å²) in [7, 11) is 0. The van der Waals surface area contributed by atoms with Crippen LogP contribution in [0, 0.1) is 0 Å². The van der Waals surface area contributed by atoms with Gasteiger partial charge in [-0.1, -0.05) is 17.7 Å². The zero-order valence-corrected chi connectivity index (χ0v) is 12.6. The van der Waals surface area contributed by atoms with Crippen LogP contribution in [0.15, 0.2) is 29.9 Å². The van der Waals surface area contributed by atoms with Gasteiger partial charge in [-0.3, -0.25) is 0 Å². The minimum atomic E-state index is 0.272. The summed E-state index contributed by atoms with van der Waals surface area (Å²) in [5, 5.41) is 2.64. The molecule has 1 atom stereocenters. The van der Waals surface area contributed by atoms with Crippen LogP contribution in [0.4, 0.5) is 5.95 Å². The van der Waals surface area contributed by atoms with E-state index in [4.69, 9.17) is 16.3 Å². The summed E-state index contributed by atoms with van der Waals surface area (Å²) in [4.78, 5) is 12.1. The number of aromatic nitrogens is 2. The molecule has 0 saturated carbocycles. The first-order chi connectivity index (χ1) is 9.81. The average Bonchev–Trinajstić information content (AvgIpc) is 3.12. The third-order valence-electron chi connectivity index (χ3n) is 3.26. The van der Waals surface area contributed by atoms with E-state index in [-0.39, 0.29) is 6.10 Å². The number of ether oxygens (including phenoxy) is 1.